The summed E-state index contributed by atoms with van der Waals surface area (Å²) in [4.78, 5) is 14.8. The minimum atomic E-state index is -0.388. The van der Waals surface area contributed by atoms with Crippen molar-refractivity contribution in [1.29, 1.82) is 0 Å². The van der Waals surface area contributed by atoms with Crippen molar-refractivity contribution in [3.05, 3.63) is 52.6 Å². The highest BCUT2D eigenvalue weighted by Crippen LogP contribution is 2.23. The first-order chi connectivity index (χ1) is 9.22. The van der Waals surface area contributed by atoms with Crippen molar-refractivity contribution >= 4 is 11.4 Å². The number of nitrogens with zero attached hydrogens (tertiary/aromatic N) is 3. The van der Waals surface area contributed by atoms with E-state index in [0.29, 0.717) is 12.2 Å². The first-order valence-electron chi connectivity index (χ1n) is 6.19. The zero-order chi connectivity index (χ0) is 13.7. The predicted octanol–water partition coefficient (Wildman–Crippen LogP) is 2.81. The summed E-state index contributed by atoms with van der Waals surface area (Å²) in [5, 5.41) is 14.0. The maximum absolute atomic E-state index is 10.9. The van der Waals surface area contributed by atoms with Gasteiger partial charge in [-0.05, 0) is 12.5 Å². The van der Waals surface area contributed by atoms with Gasteiger partial charge in [0.25, 0.3) is 5.69 Å². The number of benzene rings is 1. The summed E-state index contributed by atoms with van der Waals surface area (Å²) in [6, 6.07) is 6.61. The minimum absolute atomic E-state index is 0.0797. The van der Waals surface area contributed by atoms with Gasteiger partial charge in [0.1, 0.15) is 11.5 Å². The zero-order valence-electron chi connectivity index (χ0n) is 10.7. The number of aromatic nitrogens is 2. The monoisotopic (exact) mass is 260 g/mol. The van der Waals surface area contributed by atoms with Crippen molar-refractivity contribution in [2.45, 2.75) is 26.4 Å². The Labute approximate surface area is 111 Å². The van der Waals surface area contributed by atoms with Gasteiger partial charge in [0.05, 0.1) is 11.5 Å². The second kappa shape index (κ2) is 5.99. The number of para-hydroxylation sites is 2. The van der Waals surface area contributed by atoms with Crippen molar-refractivity contribution in [2.75, 3.05) is 5.32 Å². The third kappa shape index (κ3) is 3.09. The van der Waals surface area contributed by atoms with Crippen LogP contribution in [0.4, 0.5) is 11.4 Å². The Morgan fingerprint density at radius 3 is 2.95 bits per heavy atom. The molecule has 1 aromatic carbocycles. The standard InChI is InChI=1S/C13H16N4O2/c1-2-8-16-9-7-14-13(16)10-15-11-5-3-4-6-12(11)17(18)19/h3-7,9,15H,2,8,10H2,1H3. The summed E-state index contributed by atoms with van der Waals surface area (Å²) < 4.78 is 2.04. The fourth-order valence-corrected chi connectivity index (χ4v) is 1.91. The molecule has 0 spiro atoms. The van der Waals surface area contributed by atoms with Crippen LogP contribution >= 0.6 is 0 Å². The van der Waals surface area contributed by atoms with E-state index in [9.17, 15) is 10.1 Å². The molecule has 0 fully saturated rings. The van der Waals surface area contributed by atoms with Crippen LogP contribution in [0.25, 0.3) is 0 Å². The molecule has 0 amide bonds. The van der Waals surface area contributed by atoms with Crippen LogP contribution in [-0.2, 0) is 13.1 Å². The molecule has 100 valence electrons. The predicted molar refractivity (Wildman–Crippen MR) is 72.9 cm³/mol. The number of nitro benzene ring substituents is 1. The van der Waals surface area contributed by atoms with E-state index in [1.54, 1.807) is 24.4 Å². The van der Waals surface area contributed by atoms with Crippen molar-refractivity contribution in [3.8, 4) is 0 Å². The molecular weight excluding hydrogens is 244 g/mol. The molecule has 0 saturated carbocycles. The molecule has 19 heavy (non-hydrogen) atoms. The number of nitro groups is 1. The van der Waals surface area contributed by atoms with Crippen LogP contribution in [0.1, 0.15) is 19.2 Å². The van der Waals surface area contributed by atoms with Gasteiger partial charge in [-0.3, -0.25) is 10.1 Å². The summed E-state index contributed by atoms with van der Waals surface area (Å²) in [7, 11) is 0. The number of imidazole rings is 1. The van der Waals surface area contributed by atoms with Crippen molar-refractivity contribution < 1.29 is 4.92 Å². The van der Waals surface area contributed by atoms with E-state index in [1.807, 2.05) is 10.8 Å². The van der Waals surface area contributed by atoms with E-state index in [0.717, 1.165) is 18.8 Å². The van der Waals surface area contributed by atoms with Gasteiger partial charge in [-0.1, -0.05) is 19.1 Å². The summed E-state index contributed by atoms with van der Waals surface area (Å²) in [6.45, 7) is 3.46. The Hall–Kier alpha value is -2.37. The van der Waals surface area contributed by atoms with Gasteiger partial charge in [-0.2, -0.15) is 0 Å². The first kappa shape index (κ1) is 13.1. The average Bonchev–Trinajstić information content (AvgIpc) is 2.84. The molecule has 2 aromatic rings. The second-order valence-corrected chi connectivity index (χ2v) is 4.16. The molecule has 0 atom stereocenters. The molecule has 0 bridgehead atoms. The molecule has 6 heteroatoms. The summed E-state index contributed by atoms with van der Waals surface area (Å²) in [6.07, 6.45) is 4.68. The Morgan fingerprint density at radius 1 is 1.42 bits per heavy atom. The summed E-state index contributed by atoms with van der Waals surface area (Å²) in [5.74, 6) is 0.875. The van der Waals surface area contributed by atoms with Crippen LogP contribution in [0.5, 0.6) is 0 Å². The topological polar surface area (TPSA) is 73.0 Å². The molecule has 1 aromatic heterocycles. The zero-order valence-corrected chi connectivity index (χ0v) is 10.7. The Balaban J connectivity index is 2.10. The molecule has 0 aliphatic rings. The fourth-order valence-electron chi connectivity index (χ4n) is 1.91. The van der Waals surface area contributed by atoms with Crippen LogP contribution in [0.15, 0.2) is 36.7 Å². The quantitative estimate of drug-likeness (QED) is 0.640. The fraction of sp³-hybridized carbons (Fsp3) is 0.308. The lowest BCUT2D eigenvalue weighted by Crippen LogP contribution is -2.09. The van der Waals surface area contributed by atoms with Crippen LogP contribution in [0.3, 0.4) is 0 Å². The van der Waals surface area contributed by atoms with E-state index in [-0.39, 0.29) is 10.6 Å². The second-order valence-electron chi connectivity index (χ2n) is 4.16. The highest BCUT2D eigenvalue weighted by atomic mass is 16.6. The largest absolute Gasteiger partial charge is 0.372 e. The van der Waals surface area contributed by atoms with Gasteiger partial charge in [0.15, 0.2) is 0 Å². The third-order valence-electron chi connectivity index (χ3n) is 2.80. The number of aryl methyl sites for hydroxylation is 1. The maximum atomic E-state index is 10.9. The van der Waals surface area contributed by atoms with E-state index in [4.69, 9.17) is 0 Å². The molecule has 0 radical (unpaired) electrons. The Kier molecular flexibility index (Phi) is 4.12. The van der Waals surface area contributed by atoms with E-state index in [2.05, 4.69) is 17.2 Å². The molecule has 2 rings (SSSR count). The molecule has 0 saturated heterocycles. The number of hydrogen-bond acceptors (Lipinski definition) is 4. The van der Waals surface area contributed by atoms with Crippen LogP contribution in [0, 0.1) is 10.1 Å². The number of nitrogens with one attached hydrogen (secondary N) is 1. The van der Waals surface area contributed by atoms with Crippen molar-refractivity contribution in [2.24, 2.45) is 0 Å². The first-order valence-corrected chi connectivity index (χ1v) is 6.19. The Morgan fingerprint density at radius 2 is 2.21 bits per heavy atom. The number of hydrogen-bond donors (Lipinski definition) is 1. The molecule has 1 heterocycles. The molecule has 0 aliphatic heterocycles. The number of rotatable bonds is 6. The number of anilines is 1. The summed E-state index contributed by atoms with van der Waals surface area (Å²) >= 11 is 0. The summed E-state index contributed by atoms with van der Waals surface area (Å²) in [5.41, 5.74) is 0.592. The van der Waals surface area contributed by atoms with Crippen molar-refractivity contribution in [3.63, 3.8) is 0 Å². The molecule has 6 nitrogen and oxygen atoms in total. The van der Waals surface area contributed by atoms with Gasteiger partial charge < -0.3 is 9.88 Å². The van der Waals surface area contributed by atoms with Gasteiger partial charge in [-0.15, -0.1) is 0 Å². The average molecular weight is 260 g/mol. The molecule has 1 N–H and O–H groups in total. The van der Waals surface area contributed by atoms with Gasteiger partial charge in [0, 0.05) is 25.0 Å². The minimum Gasteiger partial charge on any atom is -0.372 e. The van der Waals surface area contributed by atoms with Gasteiger partial charge in [-0.25, -0.2) is 4.98 Å². The van der Waals surface area contributed by atoms with E-state index >= 15 is 0 Å². The highest BCUT2D eigenvalue weighted by Gasteiger charge is 2.12. The van der Waals surface area contributed by atoms with Gasteiger partial charge in [0.2, 0.25) is 0 Å². The Bertz CT molecular complexity index is 565. The lowest BCUT2D eigenvalue weighted by molar-refractivity contribution is -0.384. The van der Waals surface area contributed by atoms with E-state index < -0.39 is 0 Å². The normalized spacial score (nSPS) is 10.4. The highest BCUT2D eigenvalue weighted by molar-refractivity contribution is 5.60. The lowest BCUT2D eigenvalue weighted by atomic mass is 10.2. The van der Waals surface area contributed by atoms with Crippen LogP contribution in [-0.4, -0.2) is 14.5 Å². The molecular formula is C13H16N4O2. The molecule has 0 aliphatic carbocycles. The smallest absolute Gasteiger partial charge is 0.292 e. The third-order valence-corrected chi connectivity index (χ3v) is 2.80. The maximum Gasteiger partial charge on any atom is 0.292 e. The van der Waals surface area contributed by atoms with Crippen LogP contribution < -0.4 is 5.32 Å². The van der Waals surface area contributed by atoms with Gasteiger partial charge >= 0.3 is 0 Å². The van der Waals surface area contributed by atoms with Crippen LogP contribution in [0.2, 0.25) is 0 Å². The van der Waals surface area contributed by atoms with Crippen molar-refractivity contribution in [1.82, 2.24) is 9.55 Å². The lowest BCUT2D eigenvalue weighted by Gasteiger charge is -2.09. The van der Waals surface area contributed by atoms with E-state index in [1.165, 1.54) is 6.07 Å². The molecule has 0 unspecified atom stereocenters. The SMILES string of the molecule is CCCn1ccnc1CNc1ccccc1[N+](=O)[O-].